The van der Waals surface area contributed by atoms with Crippen LogP contribution in [0.2, 0.25) is 5.02 Å². The molecule has 0 heterocycles. The highest BCUT2D eigenvalue weighted by molar-refractivity contribution is 6.30. The molecule has 31 heavy (non-hydrogen) atoms. The molecule has 1 N–H and O–H groups in total. The molecule has 2 amide bonds. The van der Waals surface area contributed by atoms with Crippen molar-refractivity contribution in [3.63, 3.8) is 0 Å². The number of carbonyl (C=O) groups is 2. The van der Waals surface area contributed by atoms with E-state index in [1.807, 2.05) is 72.8 Å². The summed E-state index contributed by atoms with van der Waals surface area (Å²) >= 11 is 5.99. The Balaban J connectivity index is 1.76. The van der Waals surface area contributed by atoms with Crippen LogP contribution in [0.4, 0.5) is 0 Å². The van der Waals surface area contributed by atoms with Gasteiger partial charge in [-0.3, -0.25) is 9.59 Å². The van der Waals surface area contributed by atoms with Crippen LogP contribution in [-0.2, 0) is 29.0 Å². The first-order valence-corrected chi connectivity index (χ1v) is 10.8. The number of rotatable bonds is 9. The van der Waals surface area contributed by atoms with Gasteiger partial charge in [0.2, 0.25) is 11.8 Å². The molecule has 0 aromatic heterocycles. The van der Waals surface area contributed by atoms with Gasteiger partial charge in [0.1, 0.15) is 6.04 Å². The molecule has 1 atom stereocenters. The third-order valence-electron chi connectivity index (χ3n) is 5.18. The summed E-state index contributed by atoms with van der Waals surface area (Å²) in [5.74, 6) is -0.293. The minimum absolute atomic E-state index is 0.144. The number of benzene rings is 3. The van der Waals surface area contributed by atoms with Crippen molar-refractivity contribution in [1.82, 2.24) is 10.2 Å². The van der Waals surface area contributed by atoms with E-state index in [4.69, 9.17) is 11.6 Å². The van der Waals surface area contributed by atoms with Crippen LogP contribution in [0.3, 0.4) is 0 Å². The van der Waals surface area contributed by atoms with Gasteiger partial charge in [-0.2, -0.15) is 0 Å². The van der Waals surface area contributed by atoms with Crippen molar-refractivity contribution in [1.29, 1.82) is 0 Å². The highest BCUT2D eigenvalue weighted by Gasteiger charge is 2.28. The first kappa shape index (κ1) is 22.6. The monoisotopic (exact) mass is 434 g/mol. The zero-order valence-electron chi connectivity index (χ0n) is 17.6. The molecule has 4 nitrogen and oxygen atoms in total. The quantitative estimate of drug-likeness (QED) is 0.532. The highest BCUT2D eigenvalue weighted by atomic mass is 35.5. The fourth-order valence-corrected chi connectivity index (χ4v) is 3.63. The van der Waals surface area contributed by atoms with Crippen molar-refractivity contribution in [2.24, 2.45) is 0 Å². The van der Waals surface area contributed by atoms with Crippen molar-refractivity contribution >= 4 is 23.4 Å². The summed E-state index contributed by atoms with van der Waals surface area (Å²) in [4.78, 5) is 27.4. The molecule has 0 saturated carbocycles. The molecule has 5 heteroatoms. The summed E-state index contributed by atoms with van der Waals surface area (Å²) in [6.07, 6.45) is 1.19. The number of amides is 2. The van der Waals surface area contributed by atoms with Crippen molar-refractivity contribution < 1.29 is 9.59 Å². The van der Waals surface area contributed by atoms with Gasteiger partial charge >= 0.3 is 0 Å². The van der Waals surface area contributed by atoms with Crippen molar-refractivity contribution in [3.8, 4) is 0 Å². The van der Waals surface area contributed by atoms with Gasteiger partial charge in [0.15, 0.2) is 0 Å². The van der Waals surface area contributed by atoms with Crippen molar-refractivity contribution in [2.75, 3.05) is 6.54 Å². The number of hydrogen-bond donors (Lipinski definition) is 1. The molecule has 0 aliphatic heterocycles. The Labute approximate surface area is 188 Å². The van der Waals surface area contributed by atoms with Crippen LogP contribution in [0.5, 0.6) is 0 Å². The summed E-state index contributed by atoms with van der Waals surface area (Å²) in [5.41, 5.74) is 3.09. The van der Waals surface area contributed by atoms with Gasteiger partial charge in [-0.05, 0) is 35.2 Å². The second-order valence-corrected chi connectivity index (χ2v) is 7.94. The Kier molecular flexibility index (Phi) is 8.25. The first-order chi connectivity index (χ1) is 15.0. The fourth-order valence-electron chi connectivity index (χ4n) is 3.50. The topological polar surface area (TPSA) is 49.4 Å². The number of hydrogen-bond acceptors (Lipinski definition) is 2. The minimum Gasteiger partial charge on any atom is -0.354 e. The Morgan fingerprint density at radius 2 is 1.42 bits per heavy atom. The van der Waals surface area contributed by atoms with Crippen LogP contribution in [0.15, 0.2) is 84.9 Å². The van der Waals surface area contributed by atoms with Crippen LogP contribution in [0.25, 0.3) is 0 Å². The van der Waals surface area contributed by atoms with Crippen LogP contribution in [0, 0.1) is 0 Å². The van der Waals surface area contributed by atoms with E-state index in [1.54, 1.807) is 17.0 Å². The molecule has 0 aliphatic rings. The van der Waals surface area contributed by atoms with Crippen LogP contribution < -0.4 is 5.32 Å². The summed E-state index contributed by atoms with van der Waals surface area (Å²) in [6, 6.07) is 26.5. The van der Waals surface area contributed by atoms with Gasteiger partial charge in [0.25, 0.3) is 0 Å². The molecule has 0 unspecified atom stereocenters. The Hall–Kier alpha value is -3.11. The molecule has 3 aromatic carbocycles. The standard InChI is InChI=1S/C26H27ClN2O2/c1-20(30)29(19-23-12-14-24(27)15-13-23)25(18-22-10-6-3-7-11-22)26(31)28-17-16-21-8-4-2-5-9-21/h2-15,25H,16-19H2,1H3,(H,28,31)/t25-/m1/s1. The van der Waals surface area contributed by atoms with Gasteiger partial charge in [0, 0.05) is 31.5 Å². The lowest BCUT2D eigenvalue weighted by atomic mass is 10.0. The Morgan fingerprint density at radius 1 is 0.839 bits per heavy atom. The average molecular weight is 435 g/mol. The fraction of sp³-hybridized carbons (Fsp3) is 0.231. The lowest BCUT2D eigenvalue weighted by molar-refractivity contribution is -0.139. The molecule has 0 saturated heterocycles. The highest BCUT2D eigenvalue weighted by Crippen LogP contribution is 2.16. The Bertz CT molecular complexity index is 975. The average Bonchev–Trinajstić information content (AvgIpc) is 2.78. The normalized spacial score (nSPS) is 11.5. The second-order valence-electron chi connectivity index (χ2n) is 7.51. The summed E-state index contributed by atoms with van der Waals surface area (Å²) in [7, 11) is 0. The van der Waals surface area contributed by atoms with E-state index < -0.39 is 6.04 Å². The molecule has 0 fully saturated rings. The van der Waals surface area contributed by atoms with Gasteiger partial charge in [-0.15, -0.1) is 0 Å². The predicted molar refractivity (Wildman–Crippen MR) is 125 cm³/mol. The van der Waals surface area contributed by atoms with Crippen LogP contribution >= 0.6 is 11.6 Å². The van der Waals surface area contributed by atoms with E-state index in [0.29, 0.717) is 24.5 Å². The van der Waals surface area contributed by atoms with E-state index in [0.717, 1.165) is 23.1 Å². The Morgan fingerprint density at radius 3 is 2.00 bits per heavy atom. The lowest BCUT2D eigenvalue weighted by Gasteiger charge is -2.30. The molecule has 0 bridgehead atoms. The molecular formula is C26H27ClN2O2. The van der Waals surface area contributed by atoms with E-state index in [1.165, 1.54) is 6.92 Å². The number of halogens is 1. The van der Waals surface area contributed by atoms with E-state index in [2.05, 4.69) is 5.32 Å². The third kappa shape index (κ3) is 6.97. The van der Waals surface area contributed by atoms with E-state index in [9.17, 15) is 9.59 Å². The molecule has 0 aliphatic carbocycles. The minimum atomic E-state index is -0.605. The smallest absolute Gasteiger partial charge is 0.243 e. The van der Waals surface area contributed by atoms with Gasteiger partial charge < -0.3 is 10.2 Å². The molecule has 3 rings (SSSR count). The zero-order chi connectivity index (χ0) is 22.1. The molecule has 160 valence electrons. The maximum atomic E-state index is 13.2. The summed E-state index contributed by atoms with van der Waals surface area (Å²) < 4.78 is 0. The first-order valence-electron chi connectivity index (χ1n) is 10.4. The van der Waals surface area contributed by atoms with Gasteiger partial charge in [-0.1, -0.05) is 84.4 Å². The van der Waals surface area contributed by atoms with Gasteiger partial charge in [0.05, 0.1) is 0 Å². The third-order valence-corrected chi connectivity index (χ3v) is 5.43. The number of nitrogens with one attached hydrogen (secondary N) is 1. The van der Waals surface area contributed by atoms with E-state index in [-0.39, 0.29) is 11.8 Å². The summed E-state index contributed by atoms with van der Waals surface area (Å²) in [6.45, 7) is 2.36. The van der Waals surface area contributed by atoms with E-state index >= 15 is 0 Å². The molecule has 3 aromatic rings. The molecule has 0 spiro atoms. The molecule has 0 radical (unpaired) electrons. The lowest BCUT2D eigenvalue weighted by Crippen LogP contribution is -2.50. The molecular weight excluding hydrogens is 408 g/mol. The maximum absolute atomic E-state index is 13.2. The van der Waals surface area contributed by atoms with Crippen molar-refractivity contribution in [2.45, 2.75) is 32.4 Å². The largest absolute Gasteiger partial charge is 0.354 e. The number of carbonyl (C=O) groups excluding carboxylic acids is 2. The van der Waals surface area contributed by atoms with Crippen LogP contribution in [0.1, 0.15) is 23.6 Å². The van der Waals surface area contributed by atoms with Crippen molar-refractivity contribution in [3.05, 3.63) is 107 Å². The zero-order valence-corrected chi connectivity index (χ0v) is 18.4. The number of nitrogens with zero attached hydrogens (tertiary/aromatic N) is 1. The predicted octanol–water partition coefficient (Wildman–Crippen LogP) is 4.66. The van der Waals surface area contributed by atoms with Gasteiger partial charge in [-0.25, -0.2) is 0 Å². The SMILES string of the molecule is CC(=O)N(Cc1ccc(Cl)cc1)[C@H](Cc1ccccc1)C(=O)NCCc1ccccc1. The second kappa shape index (κ2) is 11.3. The summed E-state index contributed by atoms with van der Waals surface area (Å²) in [5, 5.41) is 3.66. The maximum Gasteiger partial charge on any atom is 0.243 e. The van der Waals surface area contributed by atoms with Crippen LogP contribution in [-0.4, -0.2) is 29.3 Å².